The van der Waals surface area contributed by atoms with E-state index in [0.29, 0.717) is 0 Å². The van der Waals surface area contributed by atoms with Crippen molar-refractivity contribution in [3.05, 3.63) is 144 Å². The van der Waals surface area contributed by atoms with Gasteiger partial charge >= 0.3 is 6.09 Å². The van der Waals surface area contributed by atoms with Gasteiger partial charge in [-0.05, 0) is 29.2 Å². The predicted molar refractivity (Wildman–Crippen MR) is 146 cm³/mol. The first-order chi connectivity index (χ1) is 18.5. The topological polar surface area (TPSA) is 84.5 Å². The Morgan fingerprint density at radius 1 is 0.684 bits per heavy atom. The summed E-state index contributed by atoms with van der Waals surface area (Å²) >= 11 is 0. The van der Waals surface area contributed by atoms with Gasteiger partial charge in [0.1, 0.15) is 12.1 Å². The Balaban J connectivity index is 1.59. The molecule has 0 spiro atoms. The van der Waals surface area contributed by atoms with Crippen molar-refractivity contribution in [3.8, 4) is 0 Å². The molecule has 0 bridgehead atoms. The fraction of sp³-hybridized carbons (Fsp3) is 0.156. The van der Waals surface area contributed by atoms with Gasteiger partial charge < -0.3 is 15.4 Å². The Labute approximate surface area is 222 Å². The van der Waals surface area contributed by atoms with E-state index in [4.69, 9.17) is 4.74 Å². The van der Waals surface area contributed by atoms with Gasteiger partial charge in [0.2, 0.25) is 5.91 Å². The lowest BCUT2D eigenvalue weighted by Gasteiger charge is -2.37. The molecule has 2 N–H and O–H groups in total. The zero-order valence-corrected chi connectivity index (χ0v) is 21.2. The van der Waals surface area contributed by atoms with E-state index >= 15 is 0 Å². The number of nitrogens with one attached hydrogen (secondary N) is 2. The summed E-state index contributed by atoms with van der Waals surface area (Å²) in [6, 6.07) is 37.2. The van der Waals surface area contributed by atoms with Crippen molar-refractivity contribution < 1.29 is 19.1 Å². The number of hydrogen-bond donors (Lipinski definition) is 2. The first kappa shape index (κ1) is 26.4. The number of carbonyl (C=O) groups is 3. The largest absolute Gasteiger partial charge is 0.445 e. The van der Waals surface area contributed by atoms with Crippen LogP contribution in [-0.4, -0.2) is 23.8 Å². The molecule has 0 aliphatic heterocycles. The van der Waals surface area contributed by atoms with Gasteiger partial charge in [0.05, 0.1) is 12.5 Å². The molecule has 4 aromatic rings. The highest BCUT2D eigenvalue weighted by molar-refractivity contribution is 5.91. The number of carbonyl (C=O) groups excluding carboxylic acids is 3. The van der Waals surface area contributed by atoms with Crippen molar-refractivity contribution in [2.75, 3.05) is 0 Å². The van der Waals surface area contributed by atoms with E-state index in [9.17, 15) is 14.4 Å². The fourth-order valence-electron chi connectivity index (χ4n) is 4.43. The summed E-state index contributed by atoms with van der Waals surface area (Å²) in [5.41, 5.74) is 2.38. The zero-order chi connectivity index (χ0) is 26.8. The minimum Gasteiger partial charge on any atom is -0.445 e. The van der Waals surface area contributed by atoms with Crippen molar-refractivity contribution in [3.63, 3.8) is 0 Å². The predicted octanol–water partition coefficient (Wildman–Crippen LogP) is 5.37. The minimum absolute atomic E-state index is 0.0582. The average molecular weight is 507 g/mol. The molecule has 6 heteroatoms. The molecular weight excluding hydrogens is 476 g/mol. The third-order valence-electron chi connectivity index (χ3n) is 6.33. The molecular formula is C32H30N2O4. The lowest BCUT2D eigenvalue weighted by atomic mass is 9.77. The maximum absolute atomic E-state index is 13.6. The van der Waals surface area contributed by atoms with Crippen LogP contribution in [0.1, 0.15) is 35.6 Å². The molecule has 38 heavy (non-hydrogen) atoms. The molecule has 1 atom stereocenters. The third-order valence-corrected chi connectivity index (χ3v) is 6.33. The van der Waals surface area contributed by atoms with Crippen molar-refractivity contribution >= 4 is 17.8 Å². The monoisotopic (exact) mass is 506 g/mol. The van der Waals surface area contributed by atoms with Crippen molar-refractivity contribution in [2.24, 2.45) is 0 Å². The van der Waals surface area contributed by atoms with Gasteiger partial charge in [0.25, 0.3) is 0 Å². The number of amides is 2. The Morgan fingerprint density at radius 3 is 1.53 bits per heavy atom. The second kappa shape index (κ2) is 12.5. The molecule has 192 valence electrons. The van der Waals surface area contributed by atoms with Crippen molar-refractivity contribution in [1.82, 2.24) is 10.6 Å². The normalized spacial score (nSPS) is 11.7. The molecule has 6 nitrogen and oxygen atoms in total. The van der Waals surface area contributed by atoms with E-state index in [2.05, 4.69) is 10.6 Å². The van der Waals surface area contributed by atoms with Crippen LogP contribution < -0.4 is 10.6 Å². The molecule has 0 saturated carbocycles. The van der Waals surface area contributed by atoms with E-state index in [-0.39, 0.29) is 18.8 Å². The number of hydrogen-bond acceptors (Lipinski definition) is 4. The maximum Gasteiger partial charge on any atom is 0.408 e. The van der Waals surface area contributed by atoms with E-state index in [1.165, 1.54) is 6.92 Å². The molecule has 4 rings (SSSR count). The average Bonchev–Trinajstić information content (AvgIpc) is 2.96. The maximum atomic E-state index is 13.6. The van der Waals surface area contributed by atoms with E-state index in [0.717, 1.165) is 22.3 Å². The van der Waals surface area contributed by atoms with Gasteiger partial charge in [-0.1, -0.05) is 121 Å². The lowest BCUT2D eigenvalue weighted by Crippen LogP contribution is -2.50. The number of alkyl carbamates (subject to hydrolysis) is 1. The molecule has 4 aromatic carbocycles. The molecule has 0 radical (unpaired) electrons. The Bertz CT molecular complexity index is 1250. The van der Waals surface area contributed by atoms with Crippen LogP contribution in [0.5, 0.6) is 0 Å². The van der Waals surface area contributed by atoms with Gasteiger partial charge in [-0.25, -0.2) is 4.79 Å². The Kier molecular flexibility index (Phi) is 8.67. The van der Waals surface area contributed by atoms with Crippen LogP contribution in [0, 0.1) is 0 Å². The van der Waals surface area contributed by atoms with Gasteiger partial charge in [0, 0.05) is 0 Å². The van der Waals surface area contributed by atoms with E-state index in [1.807, 2.05) is 121 Å². The first-order valence-corrected chi connectivity index (χ1v) is 12.4. The molecule has 2 amide bonds. The molecule has 0 aliphatic carbocycles. The van der Waals surface area contributed by atoms with E-state index in [1.54, 1.807) is 0 Å². The SMILES string of the molecule is CC(=O)[C@H](CC(=O)NC(c1ccccc1)(c1ccccc1)c1ccccc1)NC(=O)OCc1ccccc1. The number of benzene rings is 4. The molecule has 0 heterocycles. The fourth-order valence-corrected chi connectivity index (χ4v) is 4.43. The number of ketones is 1. The van der Waals surface area contributed by atoms with Crippen LogP contribution in [-0.2, 0) is 26.5 Å². The summed E-state index contributed by atoms with van der Waals surface area (Å²) in [5.74, 6) is -0.744. The molecule has 0 fully saturated rings. The van der Waals surface area contributed by atoms with Gasteiger partial charge in [-0.2, -0.15) is 0 Å². The Morgan fingerprint density at radius 2 is 1.11 bits per heavy atom. The number of rotatable bonds is 10. The summed E-state index contributed by atoms with van der Waals surface area (Å²) < 4.78 is 5.27. The summed E-state index contributed by atoms with van der Waals surface area (Å²) in [5, 5.41) is 5.76. The quantitative estimate of drug-likeness (QED) is 0.283. The molecule has 0 aliphatic rings. The van der Waals surface area contributed by atoms with Crippen LogP contribution in [0.2, 0.25) is 0 Å². The highest BCUT2D eigenvalue weighted by Gasteiger charge is 2.38. The van der Waals surface area contributed by atoms with Crippen LogP contribution in [0.4, 0.5) is 4.79 Å². The number of ether oxygens (including phenoxy) is 1. The standard InChI is InChI=1S/C32H30N2O4/c1-24(35)29(33-31(37)38-23-25-14-6-2-7-15-25)22-30(36)34-32(26-16-8-3-9-17-26,27-18-10-4-11-19-27)28-20-12-5-13-21-28/h2-21,29H,22-23H2,1H3,(H,33,37)(H,34,36)/t29-/m0/s1. The van der Waals surface area contributed by atoms with Gasteiger partial charge in [-0.3, -0.25) is 9.59 Å². The first-order valence-electron chi connectivity index (χ1n) is 12.4. The summed E-state index contributed by atoms with van der Waals surface area (Å²) in [6.45, 7) is 1.40. The van der Waals surface area contributed by atoms with Crippen LogP contribution in [0.3, 0.4) is 0 Å². The summed E-state index contributed by atoms with van der Waals surface area (Å²) in [6.07, 6.45) is -1.01. The number of Topliss-reactive ketones (excluding diaryl/α,β-unsaturated/α-hetero) is 1. The molecule has 0 aromatic heterocycles. The molecule has 0 unspecified atom stereocenters. The second-order valence-electron chi connectivity index (χ2n) is 8.97. The third kappa shape index (κ3) is 6.34. The van der Waals surface area contributed by atoms with Crippen molar-refractivity contribution in [1.29, 1.82) is 0 Å². The Hall–Kier alpha value is -4.71. The lowest BCUT2D eigenvalue weighted by molar-refractivity contribution is -0.127. The smallest absolute Gasteiger partial charge is 0.408 e. The van der Waals surface area contributed by atoms with Gasteiger partial charge in [0.15, 0.2) is 5.78 Å². The summed E-state index contributed by atoms with van der Waals surface area (Å²) in [7, 11) is 0. The second-order valence-corrected chi connectivity index (χ2v) is 8.97. The van der Waals surface area contributed by atoms with Crippen LogP contribution >= 0.6 is 0 Å². The van der Waals surface area contributed by atoms with Crippen molar-refractivity contribution in [2.45, 2.75) is 31.5 Å². The highest BCUT2D eigenvalue weighted by Crippen LogP contribution is 2.36. The van der Waals surface area contributed by atoms with Gasteiger partial charge in [-0.15, -0.1) is 0 Å². The van der Waals surface area contributed by atoms with Crippen LogP contribution in [0.25, 0.3) is 0 Å². The van der Waals surface area contributed by atoms with Crippen LogP contribution in [0.15, 0.2) is 121 Å². The molecule has 0 saturated heterocycles. The van der Waals surface area contributed by atoms with E-state index < -0.39 is 23.6 Å². The minimum atomic E-state index is -1.04. The highest BCUT2D eigenvalue weighted by atomic mass is 16.5. The zero-order valence-electron chi connectivity index (χ0n) is 21.2. The summed E-state index contributed by atoms with van der Waals surface area (Å²) in [4.78, 5) is 38.5.